The zero-order valence-electron chi connectivity index (χ0n) is 14.8. The highest BCUT2D eigenvalue weighted by Crippen LogP contribution is 2.26. The van der Waals surface area contributed by atoms with Gasteiger partial charge in [0, 0.05) is 13.1 Å². The Balaban J connectivity index is 2.28. The van der Waals surface area contributed by atoms with E-state index >= 15 is 0 Å². The summed E-state index contributed by atoms with van der Waals surface area (Å²) in [7, 11) is -12.6. The Bertz CT molecular complexity index is 1120. The maximum atomic E-state index is 13.0. The maximum Gasteiger partial charge on any atom is 0.264 e. The summed E-state index contributed by atoms with van der Waals surface area (Å²) in [6, 6.07) is 4.40. The third-order valence-electron chi connectivity index (χ3n) is 3.72. The number of benzene rings is 1. The van der Waals surface area contributed by atoms with Gasteiger partial charge in [-0.3, -0.25) is 9.11 Å². The second-order valence-electron chi connectivity index (χ2n) is 6.05. The van der Waals surface area contributed by atoms with E-state index in [9.17, 15) is 25.3 Å². The molecule has 0 unspecified atom stereocenters. The van der Waals surface area contributed by atoms with Crippen molar-refractivity contribution in [3.8, 4) is 0 Å². The van der Waals surface area contributed by atoms with E-state index in [0.717, 1.165) is 14.0 Å². The fourth-order valence-electron chi connectivity index (χ4n) is 2.53. The Hall–Kier alpha value is -1.16. The summed E-state index contributed by atoms with van der Waals surface area (Å²) in [6.07, 6.45) is -0.357. The molecule has 2 N–H and O–H groups in total. The van der Waals surface area contributed by atoms with Crippen molar-refractivity contribution in [3.05, 3.63) is 23.2 Å². The first-order chi connectivity index (χ1) is 12.8. The van der Waals surface area contributed by atoms with Gasteiger partial charge < -0.3 is 0 Å². The number of nitrogens with zero attached hydrogens (tertiary/aromatic N) is 2. The molecule has 0 saturated heterocycles. The molecule has 0 radical (unpaired) electrons. The van der Waals surface area contributed by atoms with Crippen molar-refractivity contribution in [2.75, 3.05) is 24.6 Å². The first kappa shape index (κ1) is 23.1. The number of rotatable bonds is 10. The molecule has 0 atom stereocenters. The van der Waals surface area contributed by atoms with Gasteiger partial charge in [0.25, 0.3) is 20.2 Å². The van der Waals surface area contributed by atoms with Gasteiger partial charge in [0.1, 0.15) is 0 Å². The summed E-state index contributed by atoms with van der Waals surface area (Å²) >= 11 is 1.40. The molecule has 158 valence electrons. The molecule has 0 bridgehead atoms. The van der Waals surface area contributed by atoms with Crippen LogP contribution >= 0.6 is 11.3 Å². The lowest BCUT2D eigenvalue weighted by Crippen LogP contribution is -2.34. The highest BCUT2D eigenvalue weighted by Gasteiger charge is 2.25. The predicted octanol–water partition coefficient (Wildman–Crippen LogP) is 1.15. The summed E-state index contributed by atoms with van der Waals surface area (Å²) in [5.41, 5.74) is 0.499. The molecular weight excluding hydrogens is 452 g/mol. The van der Waals surface area contributed by atoms with Crippen LogP contribution in [0, 0.1) is 6.92 Å². The van der Waals surface area contributed by atoms with Gasteiger partial charge in [0.15, 0.2) is 0 Å². The van der Waals surface area contributed by atoms with Gasteiger partial charge in [-0.25, -0.2) is 13.4 Å². The highest BCUT2D eigenvalue weighted by atomic mass is 32.2. The third-order valence-corrected chi connectivity index (χ3v) is 8.18. The lowest BCUT2D eigenvalue weighted by molar-refractivity contribution is 0.402. The van der Waals surface area contributed by atoms with E-state index in [0.29, 0.717) is 5.52 Å². The van der Waals surface area contributed by atoms with Gasteiger partial charge in [-0.1, -0.05) is 0 Å². The van der Waals surface area contributed by atoms with Crippen LogP contribution in [0.5, 0.6) is 0 Å². The normalized spacial score (nSPS) is 13.4. The Morgan fingerprint density at radius 2 is 1.50 bits per heavy atom. The molecule has 0 saturated carbocycles. The van der Waals surface area contributed by atoms with Crippen LogP contribution in [0.3, 0.4) is 0 Å². The second-order valence-corrected chi connectivity index (χ2v) is 12.4. The minimum absolute atomic E-state index is 0.0657. The topological polar surface area (TPSA) is 159 Å². The van der Waals surface area contributed by atoms with Crippen molar-refractivity contribution in [1.29, 1.82) is 0 Å². The predicted molar refractivity (Wildman–Crippen MR) is 105 cm³/mol. The van der Waals surface area contributed by atoms with Gasteiger partial charge in [0.2, 0.25) is 10.0 Å². The van der Waals surface area contributed by atoms with Gasteiger partial charge in [0.05, 0.1) is 31.6 Å². The highest BCUT2D eigenvalue weighted by molar-refractivity contribution is 7.89. The number of thiazole rings is 1. The number of fused-ring (bicyclic) bond motifs is 1. The largest absolute Gasteiger partial charge is 0.286 e. The Kier molecular flexibility index (Phi) is 7.17. The monoisotopic (exact) mass is 472 g/mol. The van der Waals surface area contributed by atoms with E-state index in [1.54, 1.807) is 13.0 Å². The van der Waals surface area contributed by atoms with Gasteiger partial charge in [-0.2, -0.15) is 21.1 Å². The average Bonchev–Trinajstić information content (AvgIpc) is 2.90. The fraction of sp³-hybridized carbons (Fsp3) is 0.500. The quantitative estimate of drug-likeness (QED) is 0.484. The van der Waals surface area contributed by atoms with Crippen molar-refractivity contribution in [2.45, 2.75) is 24.7 Å². The molecule has 0 aliphatic heterocycles. The zero-order chi connectivity index (χ0) is 21.2. The number of hydrogen-bond donors (Lipinski definition) is 2. The van der Waals surface area contributed by atoms with Crippen molar-refractivity contribution < 1.29 is 34.4 Å². The van der Waals surface area contributed by atoms with Gasteiger partial charge >= 0.3 is 0 Å². The smallest absolute Gasteiger partial charge is 0.264 e. The average molecular weight is 473 g/mol. The van der Waals surface area contributed by atoms with Crippen LogP contribution in [0.1, 0.15) is 17.8 Å². The molecule has 0 fully saturated rings. The SMILES string of the molecule is Cc1nc2cc(S(=O)(=O)N(CCCS(=O)(=O)O)CCCS(=O)(=O)O)ccc2s1. The van der Waals surface area contributed by atoms with E-state index in [4.69, 9.17) is 9.11 Å². The summed E-state index contributed by atoms with van der Waals surface area (Å²) in [5, 5.41) is 0.766. The van der Waals surface area contributed by atoms with Crippen LogP contribution in [0.4, 0.5) is 0 Å². The molecule has 28 heavy (non-hydrogen) atoms. The minimum Gasteiger partial charge on any atom is -0.286 e. The Morgan fingerprint density at radius 1 is 0.964 bits per heavy atom. The zero-order valence-corrected chi connectivity index (χ0v) is 18.1. The minimum atomic E-state index is -4.27. The molecule has 10 nitrogen and oxygen atoms in total. The van der Waals surface area contributed by atoms with Crippen LogP contribution < -0.4 is 0 Å². The summed E-state index contributed by atoms with van der Waals surface area (Å²) in [5.74, 6) is -1.27. The summed E-state index contributed by atoms with van der Waals surface area (Å²) in [4.78, 5) is 4.18. The van der Waals surface area contributed by atoms with Gasteiger partial charge in [-0.05, 0) is 38.0 Å². The van der Waals surface area contributed by atoms with Crippen molar-refractivity contribution in [1.82, 2.24) is 9.29 Å². The van der Waals surface area contributed by atoms with Crippen molar-refractivity contribution in [2.24, 2.45) is 0 Å². The van der Waals surface area contributed by atoms with E-state index in [2.05, 4.69) is 4.98 Å². The molecule has 0 aliphatic carbocycles. The number of hydrogen-bond acceptors (Lipinski definition) is 8. The van der Waals surface area contributed by atoms with E-state index in [1.165, 1.54) is 23.5 Å². The van der Waals surface area contributed by atoms with E-state index in [1.807, 2.05) is 0 Å². The van der Waals surface area contributed by atoms with Crippen LogP contribution in [0.15, 0.2) is 23.1 Å². The molecule has 2 aromatic rings. The first-order valence-electron chi connectivity index (χ1n) is 8.06. The molecule has 1 aromatic carbocycles. The van der Waals surface area contributed by atoms with Crippen LogP contribution in [0.25, 0.3) is 10.2 Å². The molecule has 14 heteroatoms. The van der Waals surface area contributed by atoms with Crippen LogP contribution in [0.2, 0.25) is 0 Å². The van der Waals surface area contributed by atoms with Crippen LogP contribution in [-0.2, 0) is 30.3 Å². The molecule has 0 amide bonds. The molecule has 0 aliphatic rings. The second kappa shape index (κ2) is 8.69. The fourth-order valence-corrected chi connectivity index (χ4v) is 5.86. The summed E-state index contributed by atoms with van der Waals surface area (Å²) < 4.78 is 88.9. The third kappa shape index (κ3) is 6.72. The van der Waals surface area contributed by atoms with Crippen molar-refractivity contribution >= 4 is 51.8 Å². The molecule has 2 rings (SSSR count). The molecular formula is C14H20N2O8S4. The maximum absolute atomic E-state index is 13.0. The molecule has 0 spiro atoms. The molecule has 1 heterocycles. The number of aryl methyl sites for hydroxylation is 1. The standard InChI is InChI=1S/C14H20N2O8S4/c1-11-15-13-10-12(4-5-14(13)25-11)28(23,24)16(6-2-8-26(17,18)19)7-3-9-27(20,21)22/h4-5,10H,2-3,6-9H2,1H3,(H,17,18,19)(H,20,21,22). The lowest BCUT2D eigenvalue weighted by Gasteiger charge is -2.22. The first-order valence-corrected chi connectivity index (χ1v) is 13.5. The van der Waals surface area contributed by atoms with Crippen LogP contribution in [-0.4, -0.2) is 68.2 Å². The Morgan fingerprint density at radius 3 is 2.00 bits per heavy atom. The summed E-state index contributed by atoms with van der Waals surface area (Å²) in [6.45, 7) is 1.29. The Labute approximate surface area is 167 Å². The van der Waals surface area contributed by atoms with Crippen molar-refractivity contribution in [3.63, 3.8) is 0 Å². The van der Waals surface area contributed by atoms with E-state index < -0.39 is 41.8 Å². The lowest BCUT2D eigenvalue weighted by atomic mass is 10.3. The number of sulfonamides is 1. The molecule has 1 aromatic heterocycles. The number of aromatic nitrogens is 1. The van der Waals surface area contributed by atoms with E-state index in [-0.39, 0.29) is 30.8 Å². The van der Waals surface area contributed by atoms with Gasteiger partial charge in [-0.15, -0.1) is 11.3 Å².